The van der Waals surface area contributed by atoms with Crippen molar-refractivity contribution < 1.29 is 5.11 Å². The molecule has 0 radical (unpaired) electrons. The molecule has 19 heavy (non-hydrogen) atoms. The van der Waals surface area contributed by atoms with Crippen LogP contribution in [-0.4, -0.2) is 5.11 Å². The van der Waals surface area contributed by atoms with Crippen molar-refractivity contribution in [2.45, 2.75) is 51.0 Å². The summed E-state index contributed by atoms with van der Waals surface area (Å²) in [5, 5.41) is 10.7. The van der Waals surface area contributed by atoms with Crippen LogP contribution in [0.5, 0.6) is 0 Å². The predicted molar refractivity (Wildman–Crippen MR) is 76.8 cm³/mol. The Morgan fingerprint density at radius 2 is 1.89 bits per heavy atom. The third kappa shape index (κ3) is 2.03. The van der Waals surface area contributed by atoms with Gasteiger partial charge in [0, 0.05) is 0 Å². The van der Waals surface area contributed by atoms with Gasteiger partial charge in [-0.15, -0.1) is 0 Å². The average Bonchev–Trinajstić information content (AvgIpc) is 3.05. The SMILES string of the molecule is OC1c2ccccc2CCC1CC1CC2CCC1C2. The van der Waals surface area contributed by atoms with Crippen molar-refractivity contribution in [2.75, 3.05) is 0 Å². The average molecular weight is 256 g/mol. The Kier molecular flexibility index (Phi) is 2.91. The van der Waals surface area contributed by atoms with Gasteiger partial charge in [-0.2, -0.15) is 0 Å². The number of benzene rings is 1. The zero-order valence-corrected chi connectivity index (χ0v) is 11.6. The molecule has 4 rings (SSSR count). The minimum absolute atomic E-state index is 0.205. The summed E-state index contributed by atoms with van der Waals surface area (Å²) < 4.78 is 0. The van der Waals surface area contributed by atoms with Gasteiger partial charge in [0.25, 0.3) is 0 Å². The minimum atomic E-state index is -0.205. The predicted octanol–water partition coefficient (Wildman–Crippen LogP) is 4.11. The maximum Gasteiger partial charge on any atom is 0.0821 e. The van der Waals surface area contributed by atoms with Crippen LogP contribution in [0.2, 0.25) is 0 Å². The number of aliphatic hydroxyl groups is 1. The molecule has 1 aromatic rings. The smallest absolute Gasteiger partial charge is 0.0821 e. The summed E-state index contributed by atoms with van der Waals surface area (Å²) in [6, 6.07) is 8.49. The third-order valence-corrected chi connectivity index (χ3v) is 6.09. The van der Waals surface area contributed by atoms with Crippen LogP contribution < -0.4 is 0 Å². The molecule has 5 atom stereocenters. The molecule has 0 heterocycles. The molecule has 3 aliphatic rings. The van der Waals surface area contributed by atoms with E-state index in [1.54, 1.807) is 0 Å². The van der Waals surface area contributed by atoms with Gasteiger partial charge in [-0.25, -0.2) is 0 Å². The first-order chi connectivity index (χ1) is 9.31. The van der Waals surface area contributed by atoms with E-state index in [0.29, 0.717) is 5.92 Å². The summed E-state index contributed by atoms with van der Waals surface area (Å²) in [5.41, 5.74) is 2.58. The van der Waals surface area contributed by atoms with Crippen LogP contribution in [0.25, 0.3) is 0 Å². The highest BCUT2D eigenvalue weighted by molar-refractivity contribution is 5.31. The van der Waals surface area contributed by atoms with Gasteiger partial charge < -0.3 is 5.11 Å². The van der Waals surface area contributed by atoms with Crippen molar-refractivity contribution in [1.82, 2.24) is 0 Å². The van der Waals surface area contributed by atoms with Gasteiger partial charge in [0.05, 0.1) is 6.10 Å². The molecule has 1 aromatic carbocycles. The molecule has 3 aliphatic carbocycles. The molecule has 0 saturated heterocycles. The molecule has 2 bridgehead atoms. The van der Waals surface area contributed by atoms with Crippen molar-refractivity contribution in [1.29, 1.82) is 0 Å². The van der Waals surface area contributed by atoms with Crippen molar-refractivity contribution in [2.24, 2.45) is 23.7 Å². The maximum atomic E-state index is 10.7. The summed E-state index contributed by atoms with van der Waals surface area (Å²) in [6.45, 7) is 0. The van der Waals surface area contributed by atoms with Crippen LogP contribution in [0.3, 0.4) is 0 Å². The van der Waals surface area contributed by atoms with Gasteiger partial charge >= 0.3 is 0 Å². The molecule has 1 N–H and O–H groups in total. The summed E-state index contributed by atoms with van der Waals surface area (Å²) in [5.74, 6) is 3.46. The Balaban J connectivity index is 1.48. The largest absolute Gasteiger partial charge is 0.388 e. The van der Waals surface area contributed by atoms with Crippen LogP contribution in [0, 0.1) is 23.7 Å². The van der Waals surface area contributed by atoms with Crippen LogP contribution >= 0.6 is 0 Å². The fraction of sp³-hybridized carbons (Fsp3) is 0.667. The molecule has 102 valence electrons. The Labute approximate surface area is 116 Å². The number of aryl methyl sites for hydroxylation is 1. The first-order valence-corrected chi connectivity index (χ1v) is 8.07. The first-order valence-electron chi connectivity index (χ1n) is 8.07. The molecule has 2 fully saturated rings. The van der Waals surface area contributed by atoms with Crippen LogP contribution in [-0.2, 0) is 6.42 Å². The maximum absolute atomic E-state index is 10.7. The standard InChI is InChI=1S/C18H24O/c19-18-15(8-7-13-3-1-2-4-17(13)18)11-16-10-12-5-6-14(16)9-12/h1-4,12,14-16,18-19H,5-11H2. The third-order valence-electron chi connectivity index (χ3n) is 6.09. The summed E-state index contributed by atoms with van der Waals surface area (Å²) in [4.78, 5) is 0. The Bertz CT molecular complexity index is 467. The van der Waals surface area contributed by atoms with Crippen LogP contribution in [0.4, 0.5) is 0 Å². The first kappa shape index (κ1) is 12.0. The number of hydrogen-bond donors (Lipinski definition) is 1. The lowest BCUT2D eigenvalue weighted by atomic mass is 9.74. The van der Waals surface area contributed by atoms with Gasteiger partial charge in [0.15, 0.2) is 0 Å². The van der Waals surface area contributed by atoms with E-state index >= 15 is 0 Å². The van der Waals surface area contributed by atoms with Gasteiger partial charge in [-0.05, 0) is 73.3 Å². The molecular formula is C18H24O. The van der Waals surface area contributed by atoms with Gasteiger partial charge in [0.1, 0.15) is 0 Å². The molecule has 1 nitrogen and oxygen atoms in total. The molecular weight excluding hydrogens is 232 g/mol. The second-order valence-corrected chi connectivity index (χ2v) is 7.11. The number of aliphatic hydroxyl groups excluding tert-OH is 1. The van der Waals surface area contributed by atoms with E-state index in [-0.39, 0.29) is 6.10 Å². The quantitative estimate of drug-likeness (QED) is 0.844. The fourth-order valence-corrected chi connectivity index (χ4v) is 5.10. The van der Waals surface area contributed by atoms with E-state index in [2.05, 4.69) is 24.3 Å². The topological polar surface area (TPSA) is 20.2 Å². The minimum Gasteiger partial charge on any atom is -0.388 e. The highest BCUT2D eigenvalue weighted by Gasteiger charge is 2.41. The second-order valence-electron chi connectivity index (χ2n) is 7.11. The highest BCUT2D eigenvalue weighted by Crippen LogP contribution is 2.52. The van der Waals surface area contributed by atoms with Crippen molar-refractivity contribution in [3.8, 4) is 0 Å². The number of rotatable bonds is 2. The summed E-state index contributed by atoms with van der Waals surface area (Å²) in [7, 11) is 0. The molecule has 0 aliphatic heterocycles. The Hall–Kier alpha value is -0.820. The monoisotopic (exact) mass is 256 g/mol. The van der Waals surface area contributed by atoms with Crippen molar-refractivity contribution in [3.05, 3.63) is 35.4 Å². The van der Waals surface area contributed by atoms with E-state index < -0.39 is 0 Å². The van der Waals surface area contributed by atoms with E-state index in [0.717, 1.165) is 17.8 Å². The lowest BCUT2D eigenvalue weighted by Gasteiger charge is -2.34. The molecule has 2 saturated carbocycles. The highest BCUT2D eigenvalue weighted by atomic mass is 16.3. The second kappa shape index (κ2) is 4.63. The number of hydrogen-bond acceptors (Lipinski definition) is 1. The lowest BCUT2D eigenvalue weighted by Crippen LogP contribution is -2.24. The molecule has 0 amide bonds. The van der Waals surface area contributed by atoms with E-state index in [9.17, 15) is 5.11 Å². The molecule has 0 aromatic heterocycles. The van der Waals surface area contributed by atoms with E-state index in [1.807, 2.05) is 0 Å². The lowest BCUT2D eigenvalue weighted by molar-refractivity contribution is 0.0706. The van der Waals surface area contributed by atoms with Gasteiger partial charge in [0.2, 0.25) is 0 Å². The molecule has 5 unspecified atom stereocenters. The molecule has 1 heteroatoms. The normalized spacial score (nSPS) is 40.4. The van der Waals surface area contributed by atoms with Crippen LogP contribution in [0.15, 0.2) is 24.3 Å². The van der Waals surface area contributed by atoms with E-state index in [4.69, 9.17) is 0 Å². The Morgan fingerprint density at radius 3 is 2.68 bits per heavy atom. The zero-order valence-electron chi connectivity index (χ0n) is 11.6. The Morgan fingerprint density at radius 1 is 1.00 bits per heavy atom. The van der Waals surface area contributed by atoms with Gasteiger partial charge in [-0.3, -0.25) is 0 Å². The summed E-state index contributed by atoms with van der Waals surface area (Å²) >= 11 is 0. The van der Waals surface area contributed by atoms with Crippen LogP contribution in [0.1, 0.15) is 55.8 Å². The summed E-state index contributed by atoms with van der Waals surface area (Å²) in [6.07, 6.45) is 9.32. The van der Waals surface area contributed by atoms with E-state index in [1.165, 1.54) is 56.1 Å². The van der Waals surface area contributed by atoms with Crippen molar-refractivity contribution in [3.63, 3.8) is 0 Å². The van der Waals surface area contributed by atoms with Crippen molar-refractivity contribution >= 4 is 0 Å². The molecule has 0 spiro atoms. The number of fused-ring (bicyclic) bond motifs is 3. The fourth-order valence-electron chi connectivity index (χ4n) is 5.10. The zero-order chi connectivity index (χ0) is 12.8. The van der Waals surface area contributed by atoms with Gasteiger partial charge in [-0.1, -0.05) is 30.7 Å².